The first-order chi connectivity index (χ1) is 6.40. The molecular formula is C7H7N5O. The van der Waals surface area contributed by atoms with Crippen LogP contribution in [0.5, 0.6) is 6.01 Å². The van der Waals surface area contributed by atoms with Gasteiger partial charge in [-0.3, -0.25) is 0 Å². The van der Waals surface area contributed by atoms with Crippen molar-refractivity contribution in [3.05, 3.63) is 24.8 Å². The van der Waals surface area contributed by atoms with E-state index in [0.29, 0.717) is 11.7 Å². The quantitative estimate of drug-likeness (QED) is 0.649. The summed E-state index contributed by atoms with van der Waals surface area (Å²) in [7, 11) is 1.52. The molecule has 2 aromatic heterocycles. The standard InChI is InChI=1S/C7H7N5O/c1-13-7-8-4-6(5-9-7)12-10-2-3-11-12/h2-5H,1H3. The Bertz CT molecular complexity index is 368. The van der Waals surface area contributed by atoms with E-state index in [1.165, 1.54) is 11.9 Å². The first-order valence-electron chi connectivity index (χ1n) is 3.63. The molecule has 0 aromatic carbocycles. The third-order valence-electron chi connectivity index (χ3n) is 1.45. The van der Waals surface area contributed by atoms with Crippen molar-refractivity contribution in [2.24, 2.45) is 0 Å². The summed E-state index contributed by atoms with van der Waals surface area (Å²) >= 11 is 0. The van der Waals surface area contributed by atoms with Crippen LogP contribution in [0.1, 0.15) is 0 Å². The molecule has 0 fully saturated rings. The minimum Gasteiger partial charge on any atom is -0.467 e. The zero-order valence-electron chi connectivity index (χ0n) is 6.95. The zero-order chi connectivity index (χ0) is 9.10. The van der Waals surface area contributed by atoms with Gasteiger partial charge in [-0.2, -0.15) is 10.2 Å². The number of ether oxygens (including phenoxy) is 1. The molecule has 6 nitrogen and oxygen atoms in total. The third kappa shape index (κ3) is 1.46. The van der Waals surface area contributed by atoms with Gasteiger partial charge in [0.25, 0.3) is 0 Å². The lowest BCUT2D eigenvalue weighted by molar-refractivity contribution is 0.379. The molecule has 0 aliphatic heterocycles. The van der Waals surface area contributed by atoms with E-state index < -0.39 is 0 Å². The Morgan fingerprint density at radius 1 is 1.15 bits per heavy atom. The molecule has 0 amide bonds. The van der Waals surface area contributed by atoms with Crippen LogP contribution < -0.4 is 4.74 Å². The maximum Gasteiger partial charge on any atom is 0.316 e. The van der Waals surface area contributed by atoms with E-state index in [1.807, 2.05) is 0 Å². The van der Waals surface area contributed by atoms with Crippen LogP contribution in [-0.4, -0.2) is 32.1 Å². The summed E-state index contributed by atoms with van der Waals surface area (Å²) in [5.41, 5.74) is 0.700. The molecule has 0 N–H and O–H groups in total. The van der Waals surface area contributed by atoms with Crippen molar-refractivity contribution in [2.75, 3.05) is 7.11 Å². The van der Waals surface area contributed by atoms with Gasteiger partial charge in [-0.15, -0.1) is 4.80 Å². The van der Waals surface area contributed by atoms with Crippen LogP contribution in [0.2, 0.25) is 0 Å². The average molecular weight is 177 g/mol. The molecule has 66 valence electrons. The van der Waals surface area contributed by atoms with E-state index in [1.54, 1.807) is 24.8 Å². The van der Waals surface area contributed by atoms with Gasteiger partial charge in [-0.05, 0) is 0 Å². The van der Waals surface area contributed by atoms with Crippen LogP contribution >= 0.6 is 0 Å². The Hall–Kier alpha value is -1.98. The third-order valence-corrected chi connectivity index (χ3v) is 1.45. The Kier molecular flexibility index (Phi) is 1.87. The SMILES string of the molecule is COc1ncc(-n2nccn2)cn1. The maximum atomic E-state index is 4.81. The number of rotatable bonds is 2. The summed E-state index contributed by atoms with van der Waals surface area (Å²) in [6.07, 6.45) is 6.35. The van der Waals surface area contributed by atoms with Gasteiger partial charge in [-0.1, -0.05) is 0 Å². The molecule has 0 atom stereocenters. The predicted octanol–water partition coefficient (Wildman–Crippen LogP) is 0.0659. The number of hydrogen-bond donors (Lipinski definition) is 0. The second-order valence-electron chi connectivity index (χ2n) is 2.25. The van der Waals surface area contributed by atoms with Gasteiger partial charge < -0.3 is 4.74 Å². The minimum atomic E-state index is 0.330. The molecule has 0 saturated carbocycles. The van der Waals surface area contributed by atoms with Gasteiger partial charge in [-0.25, -0.2) is 9.97 Å². The van der Waals surface area contributed by atoms with E-state index in [2.05, 4.69) is 20.2 Å². The molecule has 0 unspecified atom stereocenters. The summed E-state index contributed by atoms with van der Waals surface area (Å²) in [5, 5.41) is 7.85. The van der Waals surface area contributed by atoms with Crippen molar-refractivity contribution < 1.29 is 4.74 Å². The van der Waals surface area contributed by atoms with Crippen molar-refractivity contribution in [1.29, 1.82) is 0 Å². The molecule has 2 rings (SSSR count). The van der Waals surface area contributed by atoms with Gasteiger partial charge in [0, 0.05) is 0 Å². The van der Waals surface area contributed by atoms with Gasteiger partial charge in [0.1, 0.15) is 5.69 Å². The summed E-state index contributed by atoms with van der Waals surface area (Å²) in [6.45, 7) is 0. The summed E-state index contributed by atoms with van der Waals surface area (Å²) in [4.78, 5) is 9.27. The first-order valence-corrected chi connectivity index (χ1v) is 3.63. The highest BCUT2D eigenvalue weighted by atomic mass is 16.5. The van der Waals surface area contributed by atoms with Crippen molar-refractivity contribution in [2.45, 2.75) is 0 Å². The summed E-state index contributed by atoms with van der Waals surface area (Å²) in [6, 6.07) is 0.330. The van der Waals surface area contributed by atoms with Crippen LogP contribution in [0, 0.1) is 0 Å². The molecule has 13 heavy (non-hydrogen) atoms. The van der Waals surface area contributed by atoms with Crippen LogP contribution in [0.4, 0.5) is 0 Å². The molecule has 0 bridgehead atoms. The number of hydrogen-bond acceptors (Lipinski definition) is 5. The molecule has 2 heterocycles. The van der Waals surface area contributed by atoms with Crippen LogP contribution in [0.25, 0.3) is 5.69 Å². The molecule has 0 aliphatic carbocycles. The molecule has 0 aliphatic rings. The van der Waals surface area contributed by atoms with Crippen molar-refractivity contribution in [3.8, 4) is 11.7 Å². The molecule has 0 saturated heterocycles. The number of methoxy groups -OCH3 is 1. The second kappa shape index (κ2) is 3.18. The van der Waals surface area contributed by atoms with Crippen molar-refractivity contribution in [3.63, 3.8) is 0 Å². The van der Waals surface area contributed by atoms with Crippen LogP contribution in [0.3, 0.4) is 0 Å². The lowest BCUT2D eigenvalue weighted by Gasteiger charge is -1.98. The van der Waals surface area contributed by atoms with E-state index in [9.17, 15) is 0 Å². The molecule has 0 radical (unpaired) electrons. The molecular weight excluding hydrogens is 170 g/mol. The fourth-order valence-electron chi connectivity index (χ4n) is 0.867. The van der Waals surface area contributed by atoms with Gasteiger partial charge in [0.2, 0.25) is 0 Å². The minimum absolute atomic E-state index is 0.330. The smallest absolute Gasteiger partial charge is 0.316 e. The maximum absolute atomic E-state index is 4.81. The molecule has 2 aromatic rings. The lowest BCUT2D eigenvalue weighted by atomic mass is 10.6. The second-order valence-corrected chi connectivity index (χ2v) is 2.25. The molecule has 0 spiro atoms. The highest BCUT2D eigenvalue weighted by molar-refractivity contribution is 5.22. The zero-order valence-corrected chi connectivity index (χ0v) is 6.95. The number of nitrogens with zero attached hydrogens (tertiary/aromatic N) is 5. The van der Waals surface area contributed by atoms with Crippen LogP contribution in [0.15, 0.2) is 24.8 Å². The van der Waals surface area contributed by atoms with Gasteiger partial charge >= 0.3 is 6.01 Å². The Balaban J connectivity index is 2.33. The van der Waals surface area contributed by atoms with E-state index in [0.717, 1.165) is 0 Å². The van der Waals surface area contributed by atoms with E-state index >= 15 is 0 Å². The Labute approximate surface area is 74.2 Å². The molecule has 6 heteroatoms. The Morgan fingerprint density at radius 2 is 1.77 bits per heavy atom. The summed E-state index contributed by atoms with van der Waals surface area (Å²) in [5.74, 6) is 0. The monoisotopic (exact) mass is 177 g/mol. The highest BCUT2D eigenvalue weighted by Gasteiger charge is 1.99. The normalized spacial score (nSPS) is 9.92. The fraction of sp³-hybridized carbons (Fsp3) is 0.143. The lowest BCUT2D eigenvalue weighted by Crippen LogP contribution is -2.00. The van der Waals surface area contributed by atoms with Gasteiger partial charge in [0.15, 0.2) is 0 Å². The summed E-state index contributed by atoms with van der Waals surface area (Å²) < 4.78 is 4.81. The Morgan fingerprint density at radius 3 is 2.31 bits per heavy atom. The average Bonchev–Trinajstić information content (AvgIpc) is 2.71. The van der Waals surface area contributed by atoms with E-state index in [-0.39, 0.29) is 0 Å². The van der Waals surface area contributed by atoms with Crippen molar-refractivity contribution >= 4 is 0 Å². The topological polar surface area (TPSA) is 65.7 Å². The first kappa shape index (κ1) is 7.66. The van der Waals surface area contributed by atoms with Crippen molar-refractivity contribution in [1.82, 2.24) is 25.0 Å². The van der Waals surface area contributed by atoms with Gasteiger partial charge in [0.05, 0.1) is 31.9 Å². The van der Waals surface area contributed by atoms with E-state index in [4.69, 9.17) is 4.74 Å². The highest BCUT2D eigenvalue weighted by Crippen LogP contribution is 2.03. The fourth-order valence-corrected chi connectivity index (χ4v) is 0.867. The predicted molar refractivity (Wildman–Crippen MR) is 43.5 cm³/mol. The largest absolute Gasteiger partial charge is 0.467 e. The van der Waals surface area contributed by atoms with Crippen LogP contribution in [-0.2, 0) is 0 Å². The number of aromatic nitrogens is 5.